The lowest BCUT2D eigenvalue weighted by molar-refractivity contribution is -0.139. The van der Waals surface area contributed by atoms with E-state index in [9.17, 15) is 14.0 Å². The minimum atomic E-state index is -0.627. The molecule has 0 aliphatic carbocycles. The van der Waals surface area contributed by atoms with Gasteiger partial charge in [-0.1, -0.05) is 49.0 Å². The molecule has 8 nitrogen and oxygen atoms in total. The maximum absolute atomic E-state index is 14.0. The van der Waals surface area contributed by atoms with Crippen LogP contribution < -0.4 is 5.32 Å². The molecule has 1 aliphatic heterocycles. The molecule has 1 aliphatic rings. The van der Waals surface area contributed by atoms with Crippen molar-refractivity contribution in [1.29, 1.82) is 0 Å². The van der Waals surface area contributed by atoms with E-state index in [1.54, 1.807) is 54.1 Å². The van der Waals surface area contributed by atoms with Crippen LogP contribution in [0.3, 0.4) is 0 Å². The first-order valence-electron chi connectivity index (χ1n) is 11.1. The molecular weight excluding hydrogens is 471 g/mol. The number of hydrogen-bond donors (Lipinski definition) is 1. The summed E-state index contributed by atoms with van der Waals surface area (Å²) in [4.78, 5) is 29.5. The highest BCUT2D eigenvalue weighted by molar-refractivity contribution is 7.98. The van der Waals surface area contributed by atoms with Crippen LogP contribution in [0.15, 0.2) is 65.0 Å². The molecule has 2 heterocycles. The summed E-state index contributed by atoms with van der Waals surface area (Å²) in [7, 11) is 1.32. The van der Waals surface area contributed by atoms with Crippen LogP contribution in [-0.4, -0.2) is 40.4 Å². The third-order valence-electron chi connectivity index (χ3n) is 5.45. The second-order valence-electron chi connectivity index (χ2n) is 7.86. The summed E-state index contributed by atoms with van der Waals surface area (Å²) in [5, 5.41) is 8.20. The molecule has 0 saturated carbocycles. The Morgan fingerprint density at radius 2 is 1.89 bits per heavy atom. The van der Waals surface area contributed by atoms with Crippen LogP contribution in [-0.2, 0) is 20.0 Å². The fraction of sp³-hybridized carbons (Fsp3) is 0.280. The fourth-order valence-corrected chi connectivity index (χ4v) is 4.53. The number of ether oxygens (including phenoxy) is 2. The van der Waals surface area contributed by atoms with Gasteiger partial charge in [0, 0.05) is 11.4 Å². The van der Waals surface area contributed by atoms with Gasteiger partial charge in [-0.3, -0.25) is 0 Å². The summed E-state index contributed by atoms with van der Waals surface area (Å²) in [6, 6.07) is 12.7. The molecule has 0 radical (unpaired) electrons. The number of carbonyl (C=O) groups is 2. The van der Waals surface area contributed by atoms with Gasteiger partial charge in [0.25, 0.3) is 0 Å². The molecule has 0 saturated heterocycles. The van der Waals surface area contributed by atoms with Gasteiger partial charge in [-0.25, -0.2) is 18.7 Å². The molecule has 35 heavy (non-hydrogen) atoms. The maximum atomic E-state index is 14.0. The van der Waals surface area contributed by atoms with E-state index in [0.29, 0.717) is 45.7 Å². The Hall–Kier alpha value is -3.66. The van der Waals surface area contributed by atoms with Crippen molar-refractivity contribution in [2.75, 3.05) is 19.0 Å². The standard InChI is InChI=1S/C25H25FN4O4S/c1-4-13-34-23(32)20-15(2)27-24-28-25(35-14-18-7-5-6-8-19(18)26)29-30(24)21(20)16-9-11-17(12-10-16)22(31)33-3/h5-12,21H,4,13-14H2,1-3H3,(H,27,28,29). The Morgan fingerprint density at radius 1 is 1.14 bits per heavy atom. The predicted octanol–water partition coefficient (Wildman–Crippen LogP) is 4.74. The number of esters is 2. The van der Waals surface area contributed by atoms with Gasteiger partial charge in [-0.2, -0.15) is 4.98 Å². The second kappa shape index (κ2) is 10.7. The number of fused-ring (bicyclic) bond motifs is 1. The summed E-state index contributed by atoms with van der Waals surface area (Å²) < 4.78 is 25.9. The molecular formula is C25H25FN4O4S. The van der Waals surface area contributed by atoms with E-state index in [-0.39, 0.29) is 12.4 Å². The molecule has 0 amide bonds. The Labute approximate surface area is 206 Å². The van der Waals surface area contributed by atoms with Gasteiger partial charge in [-0.15, -0.1) is 5.10 Å². The van der Waals surface area contributed by atoms with Gasteiger partial charge in [0.05, 0.1) is 24.9 Å². The average Bonchev–Trinajstić information content (AvgIpc) is 3.27. The monoisotopic (exact) mass is 496 g/mol. The number of allylic oxidation sites excluding steroid dienone is 1. The Morgan fingerprint density at radius 3 is 2.57 bits per heavy atom. The number of aromatic nitrogens is 3. The first-order chi connectivity index (χ1) is 16.9. The highest BCUT2D eigenvalue weighted by Crippen LogP contribution is 2.37. The maximum Gasteiger partial charge on any atom is 0.338 e. The van der Waals surface area contributed by atoms with Gasteiger partial charge in [-0.05, 0) is 42.7 Å². The lowest BCUT2D eigenvalue weighted by Gasteiger charge is -2.28. The smallest absolute Gasteiger partial charge is 0.338 e. The number of benzene rings is 2. The number of carbonyl (C=O) groups excluding carboxylic acids is 2. The molecule has 0 bridgehead atoms. The third kappa shape index (κ3) is 5.22. The van der Waals surface area contributed by atoms with Crippen molar-refractivity contribution in [3.8, 4) is 0 Å². The highest BCUT2D eigenvalue weighted by atomic mass is 32.2. The van der Waals surface area contributed by atoms with E-state index in [2.05, 4.69) is 15.4 Å². The molecule has 1 atom stereocenters. The molecule has 1 N–H and O–H groups in total. The zero-order valence-corrected chi connectivity index (χ0v) is 20.4. The quantitative estimate of drug-likeness (QED) is 0.353. The van der Waals surface area contributed by atoms with Gasteiger partial charge in [0.2, 0.25) is 11.1 Å². The SMILES string of the molecule is CCCOC(=O)C1=C(C)Nc2nc(SCc3ccccc3F)nn2C1c1ccc(C(=O)OC)cc1. The Balaban J connectivity index is 1.69. The first-order valence-corrected chi connectivity index (χ1v) is 12.1. The van der Waals surface area contributed by atoms with Crippen molar-refractivity contribution in [1.82, 2.24) is 14.8 Å². The third-order valence-corrected chi connectivity index (χ3v) is 6.34. The minimum absolute atomic E-state index is 0.288. The number of halogens is 1. The van der Waals surface area contributed by atoms with Crippen LogP contribution in [0.2, 0.25) is 0 Å². The summed E-state index contributed by atoms with van der Waals surface area (Å²) in [6.07, 6.45) is 0.690. The summed E-state index contributed by atoms with van der Waals surface area (Å²) in [5.41, 5.74) is 2.65. The molecule has 1 unspecified atom stereocenters. The summed E-state index contributed by atoms with van der Waals surface area (Å²) in [5.74, 6) is -0.395. The number of hydrogen-bond acceptors (Lipinski definition) is 8. The fourth-order valence-electron chi connectivity index (χ4n) is 3.71. The number of rotatable bonds is 8. The van der Waals surface area contributed by atoms with Crippen LogP contribution in [0.5, 0.6) is 0 Å². The lowest BCUT2D eigenvalue weighted by Crippen LogP contribution is -2.29. The highest BCUT2D eigenvalue weighted by Gasteiger charge is 2.35. The molecule has 10 heteroatoms. The van der Waals surface area contributed by atoms with Crippen LogP contribution in [0.4, 0.5) is 10.3 Å². The Bertz CT molecular complexity index is 1270. The summed E-state index contributed by atoms with van der Waals surface area (Å²) in [6.45, 7) is 3.99. The van der Waals surface area contributed by atoms with E-state index in [1.807, 2.05) is 6.92 Å². The van der Waals surface area contributed by atoms with Crippen molar-refractivity contribution >= 4 is 29.6 Å². The molecule has 1 aromatic heterocycles. The number of anilines is 1. The average molecular weight is 497 g/mol. The van der Waals surface area contributed by atoms with Crippen molar-refractivity contribution in [3.63, 3.8) is 0 Å². The van der Waals surface area contributed by atoms with E-state index in [1.165, 1.54) is 24.9 Å². The molecule has 0 fully saturated rings. The molecule has 182 valence electrons. The van der Waals surface area contributed by atoms with Crippen molar-refractivity contribution in [2.24, 2.45) is 0 Å². The second-order valence-corrected chi connectivity index (χ2v) is 8.80. The first kappa shape index (κ1) is 24.5. The molecule has 2 aromatic carbocycles. The molecule has 3 aromatic rings. The van der Waals surface area contributed by atoms with Crippen molar-refractivity contribution in [2.45, 2.75) is 37.2 Å². The number of thioether (sulfide) groups is 1. The number of methoxy groups -OCH3 is 1. The normalized spacial score (nSPS) is 14.8. The lowest BCUT2D eigenvalue weighted by atomic mass is 9.95. The zero-order valence-electron chi connectivity index (χ0n) is 19.6. The predicted molar refractivity (Wildman–Crippen MR) is 129 cm³/mol. The van der Waals surface area contributed by atoms with Gasteiger partial charge < -0.3 is 14.8 Å². The van der Waals surface area contributed by atoms with E-state index in [4.69, 9.17) is 9.47 Å². The Kier molecular flexibility index (Phi) is 7.50. The zero-order chi connectivity index (χ0) is 24.9. The van der Waals surface area contributed by atoms with E-state index < -0.39 is 18.0 Å². The van der Waals surface area contributed by atoms with E-state index >= 15 is 0 Å². The van der Waals surface area contributed by atoms with E-state index in [0.717, 1.165) is 5.56 Å². The van der Waals surface area contributed by atoms with Gasteiger partial charge in [0.15, 0.2) is 0 Å². The topological polar surface area (TPSA) is 95.3 Å². The van der Waals surface area contributed by atoms with Crippen molar-refractivity contribution < 1.29 is 23.5 Å². The molecule has 4 rings (SSSR count). The molecule has 0 spiro atoms. The van der Waals surface area contributed by atoms with Crippen LogP contribution in [0.1, 0.15) is 47.8 Å². The largest absolute Gasteiger partial charge is 0.465 e. The van der Waals surface area contributed by atoms with Crippen LogP contribution in [0.25, 0.3) is 0 Å². The van der Waals surface area contributed by atoms with Gasteiger partial charge >= 0.3 is 11.9 Å². The van der Waals surface area contributed by atoms with Crippen molar-refractivity contribution in [3.05, 3.63) is 82.3 Å². The summed E-state index contributed by atoms with van der Waals surface area (Å²) >= 11 is 1.29. The van der Waals surface area contributed by atoms with Crippen LogP contribution >= 0.6 is 11.8 Å². The minimum Gasteiger partial charge on any atom is -0.465 e. The van der Waals surface area contributed by atoms with Crippen LogP contribution in [0, 0.1) is 5.82 Å². The number of nitrogens with one attached hydrogen (secondary N) is 1. The van der Waals surface area contributed by atoms with Gasteiger partial charge in [0.1, 0.15) is 11.9 Å². The number of nitrogens with zero attached hydrogens (tertiary/aromatic N) is 3.